The van der Waals surface area contributed by atoms with Gasteiger partial charge in [-0.15, -0.1) is 0 Å². The Balaban J connectivity index is 2.26. The number of aromatic nitrogens is 2. The lowest BCUT2D eigenvalue weighted by Gasteiger charge is -1.96. The minimum absolute atomic E-state index is 0.206. The molecule has 0 aliphatic carbocycles. The molecule has 0 unspecified atom stereocenters. The number of rotatable bonds is 3. The minimum Gasteiger partial charge on any atom is -0.242 e. The fraction of sp³-hybridized carbons (Fsp3) is 0.250. The lowest BCUT2D eigenvalue weighted by Crippen LogP contribution is -2.20. The summed E-state index contributed by atoms with van der Waals surface area (Å²) in [5, 5.41) is 0.700. The van der Waals surface area contributed by atoms with E-state index in [1.807, 2.05) is 6.07 Å². The van der Waals surface area contributed by atoms with Crippen molar-refractivity contribution in [2.24, 2.45) is 0 Å². The molecule has 16 heavy (non-hydrogen) atoms. The van der Waals surface area contributed by atoms with Gasteiger partial charge >= 0.3 is 0 Å². The van der Waals surface area contributed by atoms with Crippen molar-refractivity contribution >= 4 is 47.6 Å². The zero-order valence-electron chi connectivity index (χ0n) is 8.27. The summed E-state index contributed by atoms with van der Waals surface area (Å²) in [4.78, 5) is 9.25. The highest BCUT2D eigenvalue weighted by molar-refractivity contribution is 9.10. The van der Waals surface area contributed by atoms with Gasteiger partial charge in [0.15, 0.2) is 0 Å². The smallest absolute Gasteiger partial charge is 0.209 e. The molecule has 2 aromatic rings. The normalized spacial score (nSPS) is 12.1. The quantitative estimate of drug-likeness (QED) is 0.930. The second-order valence-corrected chi connectivity index (χ2v) is 6.99. The average Bonchev–Trinajstić information content (AvgIpc) is 2.55. The first-order chi connectivity index (χ1) is 7.44. The van der Waals surface area contributed by atoms with Crippen LogP contribution >= 0.6 is 27.3 Å². The van der Waals surface area contributed by atoms with E-state index in [4.69, 9.17) is 0 Å². The first-order valence-corrected chi connectivity index (χ1v) is 7.80. The summed E-state index contributed by atoms with van der Waals surface area (Å²) in [6.45, 7) is 0.206. The van der Waals surface area contributed by atoms with Crippen molar-refractivity contribution in [3.63, 3.8) is 0 Å². The largest absolute Gasteiger partial charge is 0.242 e. The maximum absolute atomic E-state index is 10.9. The summed E-state index contributed by atoms with van der Waals surface area (Å²) in [6.07, 6.45) is 2.81. The molecule has 8 heteroatoms. The summed E-state index contributed by atoms with van der Waals surface area (Å²) < 4.78 is 25.1. The molecule has 0 aromatic carbocycles. The third kappa shape index (κ3) is 2.97. The number of sulfonamides is 1. The Bertz CT molecular complexity index is 623. The van der Waals surface area contributed by atoms with Crippen molar-refractivity contribution in [1.29, 1.82) is 0 Å². The number of fused-ring (bicyclic) bond motifs is 1. The van der Waals surface area contributed by atoms with E-state index in [0.717, 1.165) is 21.1 Å². The second-order valence-electron chi connectivity index (χ2n) is 3.18. The number of hydrogen-bond acceptors (Lipinski definition) is 5. The maximum atomic E-state index is 10.9. The molecule has 0 spiro atoms. The predicted molar refractivity (Wildman–Crippen MR) is 66.8 cm³/mol. The van der Waals surface area contributed by atoms with Gasteiger partial charge in [0.2, 0.25) is 10.0 Å². The van der Waals surface area contributed by atoms with E-state index in [9.17, 15) is 8.42 Å². The van der Waals surface area contributed by atoms with Crippen molar-refractivity contribution in [3.05, 3.63) is 21.7 Å². The Labute approximate surface area is 105 Å². The Morgan fingerprint density at radius 3 is 3.00 bits per heavy atom. The van der Waals surface area contributed by atoms with Gasteiger partial charge in [0.1, 0.15) is 15.4 Å². The van der Waals surface area contributed by atoms with Crippen molar-refractivity contribution in [2.45, 2.75) is 6.54 Å². The summed E-state index contributed by atoms with van der Waals surface area (Å²) in [5.41, 5.74) is 0.768. The van der Waals surface area contributed by atoms with E-state index in [2.05, 4.69) is 30.6 Å². The van der Waals surface area contributed by atoms with Gasteiger partial charge in [-0.2, -0.15) is 0 Å². The third-order valence-corrected chi connectivity index (χ3v) is 3.83. The zero-order chi connectivity index (χ0) is 11.8. The topological polar surface area (TPSA) is 72.0 Å². The highest BCUT2D eigenvalue weighted by Gasteiger charge is 2.07. The van der Waals surface area contributed by atoms with E-state index in [1.54, 1.807) is 6.20 Å². The van der Waals surface area contributed by atoms with E-state index in [1.165, 1.54) is 11.3 Å². The Morgan fingerprint density at radius 1 is 1.56 bits per heavy atom. The molecule has 0 radical (unpaired) electrons. The Hall–Kier alpha value is -0.570. The van der Waals surface area contributed by atoms with E-state index >= 15 is 0 Å². The maximum Gasteiger partial charge on any atom is 0.209 e. The molecule has 2 heterocycles. The van der Waals surface area contributed by atoms with Gasteiger partial charge < -0.3 is 0 Å². The van der Waals surface area contributed by atoms with E-state index in [-0.39, 0.29) is 6.54 Å². The highest BCUT2D eigenvalue weighted by Crippen LogP contribution is 2.22. The molecule has 86 valence electrons. The fourth-order valence-corrected chi connectivity index (χ4v) is 2.75. The van der Waals surface area contributed by atoms with Gasteiger partial charge in [-0.3, -0.25) is 0 Å². The lowest BCUT2D eigenvalue weighted by atomic mass is 10.5. The fourth-order valence-electron chi connectivity index (χ4n) is 1.11. The van der Waals surface area contributed by atoms with Gasteiger partial charge in [-0.1, -0.05) is 11.3 Å². The molecule has 1 N–H and O–H groups in total. The van der Waals surface area contributed by atoms with Crippen LogP contribution in [0.2, 0.25) is 0 Å². The first kappa shape index (κ1) is 11.9. The predicted octanol–water partition coefficient (Wildman–Crippen LogP) is 1.50. The molecule has 0 saturated carbocycles. The zero-order valence-corrected chi connectivity index (χ0v) is 11.5. The lowest BCUT2D eigenvalue weighted by molar-refractivity contribution is 0.587. The summed E-state index contributed by atoms with van der Waals surface area (Å²) in [7, 11) is -3.18. The van der Waals surface area contributed by atoms with Crippen LogP contribution in [0.4, 0.5) is 0 Å². The summed E-state index contributed by atoms with van der Waals surface area (Å²) >= 11 is 4.68. The molecule has 2 rings (SSSR count). The van der Waals surface area contributed by atoms with Gasteiger partial charge in [0.25, 0.3) is 0 Å². The Kier molecular flexibility index (Phi) is 3.24. The van der Waals surface area contributed by atoms with Crippen molar-refractivity contribution in [1.82, 2.24) is 14.7 Å². The average molecular weight is 322 g/mol. The number of pyridine rings is 1. The van der Waals surface area contributed by atoms with Crippen molar-refractivity contribution in [2.75, 3.05) is 6.26 Å². The van der Waals surface area contributed by atoms with Crippen molar-refractivity contribution in [3.8, 4) is 0 Å². The standard InChI is InChI=1S/C8H8BrN3O2S2/c1-16(13,14)11-4-7-12-6-2-5(9)3-10-8(6)15-7/h2-3,11H,4H2,1H3. The van der Waals surface area contributed by atoms with Crippen LogP contribution in [0.5, 0.6) is 0 Å². The third-order valence-electron chi connectivity index (χ3n) is 1.74. The van der Waals surface area contributed by atoms with Gasteiger partial charge in [0.05, 0.1) is 12.8 Å². The molecule has 0 fully saturated rings. The van der Waals surface area contributed by atoms with Gasteiger partial charge in [-0.25, -0.2) is 23.1 Å². The molecule has 5 nitrogen and oxygen atoms in total. The van der Waals surface area contributed by atoms with Crippen LogP contribution in [0.3, 0.4) is 0 Å². The second kappa shape index (κ2) is 4.36. The SMILES string of the molecule is CS(=O)(=O)NCc1nc2cc(Br)cnc2s1. The number of nitrogens with one attached hydrogen (secondary N) is 1. The molecular weight excluding hydrogens is 314 g/mol. The van der Waals surface area contributed by atoms with Gasteiger partial charge in [0, 0.05) is 10.7 Å². The van der Waals surface area contributed by atoms with Crippen LogP contribution in [0.1, 0.15) is 5.01 Å². The molecule has 0 bridgehead atoms. The molecule has 0 aliphatic heterocycles. The number of thiazole rings is 1. The van der Waals surface area contributed by atoms with Crippen LogP contribution in [0, 0.1) is 0 Å². The number of hydrogen-bond donors (Lipinski definition) is 1. The molecule has 2 aromatic heterocycles. The molecule has 0 aliphatic rings. The van der Waals surface area contributed by atoms with E-state index in [0.29, 0.717) is 5.01 Å². The molecule has 0 saturated heterocycles. The van der Waals surface area contributed by atoms with Gasteiger partial charge in [-0.05, 0) is 22.0 Å². The first-order valence-electron chi connectivity index (χ1n) is 4.30. The summed E-state index contributed by atoms with van der Waals surface area (Å²) in [5.74, 6) is 0. The van der Waals surface area contributed by atoms with Crippen LogP contribution in [0.25, 0.3) is 10.3 Å². The van der Waals surface area contributed by atoms with Crippen LogP contribution in [-0.2, 0) is 16.6 Å². The van der Waals surface area contributed by atoms with Crippen LogP contribution in [-0.4, -0.2) is 24.6 Å². The Morgan fingerprint density at radius 2 is 2.31 bits per heavy atom. The number of halogens is 1. The summed E-state index contributed by atoms with van der Waals surface area (Å²) in [6, 6.07) is 1.85. The minimum atomic E-state index is -3.18. The molecule has 0 amide bonds. The highest BCUT2D eigenvalue weighted by atomic mass is 79.9. The van der Waals surface area contributed by atoms with Crippen LogP contribution < -0.4 is 4.72 Å². The number of nitrogens with zero attached hydrogens (tertiary/aromatic N) is 2. The van der Waals surface area contributed by atoms with Crippen molar-refractivity contribution < 1.29 is 8.42 Å². The van der Waals surface area contributed by atoms with Crippen LogP contribution in [0.15, 0.2) is 16.7 Å². The van der Waals surface area contributed by atoms with E-state index < -0.39 is 10.0 Å². The molecule has 0 atom stereocenters. The molecular formula is C8H8BrN3O2S2. The monoisotopic (exact) mass is 321 g/mol.